The minimum Gasteiger partial charge on any atom is -0.304 e. The lowest BCUT2D eigenvalue weighted by Crippen LogP contribution is -2.44. The van der Waals surface area contributed by atoms with Gasteiger partial charge in [-0.15, -0.1) is 0 Å². The Bertz CT molecular complexity index is 1350. The monoisotopic (exact) mass is 504 g/mol. The number of fused-ring (bicyclic) bond motifs is 1. The quantitative estimate of drug-likeness (QED) is 0.458. The van der Waals surface area contributed by atoms with Crippen molar-refractivity contribution in [1.82, 2.24) is 9.88 Å². The Kier molecular flexibility index (Phi) is 5.67. The molecule has 1 unspecified atom stereocenters. The van der Waals surface area contributed by atoms with Gasteiger partial charge < -0.3 is 4.90 Å². The van der Waals surface area contributed by atoms with Crippen molar-refractivity contribution in [3.8, 4) is 6.07 Å². The fourth-order valence-corrected chi connectivity index (χ4v) is 4.48. The normalized spacial score (nSPS) is 21.8. The van der Waals surface area contributed by atoms with Gasteiger partial charge >= 0.3 is 6.18 Å². The summed E-state index contributed by atoms with van der Waals surface area (Å²) in [5.74, 6) is -3.11. The van der Waals surface area contributed by atoms with Gasteiger partial charge in [-0.2, -0.15) is 23.4 Å². The summed E-state index contributed by atoms with van der Waals surface area (Å²) in [6, 6.07) is 1.98. The van der Waals surface area contributed by atoms with Gasteiger partial charge in [0.05, 0.1) is 23.2 Å². The first-order valence-electron chi connectivity index (χ1n) is 10.3. The number of thiocarbonyl (C=S) groups is 1. The smallest absolute Gasteiger partial charge is 0.304 e. The van der Waals surface area contributed by atoms with Crippen LogP contribution in [0.25, 0.3) is 0 Å². The van der Waals surface area contributed by atoms with Crippen LogP contribution in [-0.2, 0) is 15.8 Å². The van der Waals surface area contributed by atoms with Crippen LogP contribution in [0.3, 0.4) is 0 Å². The van der Waals surface area contributed by atoms with Crippen LogP contribution >= 0.6 is 12.2 Å². The second-order valence-electron chi connectivity index (χ2n) is 8.30. The summed E-state index contributed by atoms with van der Waals surface area (Å²) in [7, 11) is 0. The average molecular weight is 504 g/mol. The van der Waals surface area contributed by atoms with Gasteiger partial charge in [0, 0.05) is 12.1 Å². The summed E-state index contributed by atoms with van der Waals surface area (Å²) >= 11 is 5.42. The second-order valence-corrected chi connectivity index (χ2v) is 8.66. The van der Waals surface area contributed by atoms with E-state index in [1.807, 2.05) is 0 Å². The number of hydrogen-bond acceptors (Lipinski definition) is 6. The van der Waals surface area contributed by atoms with Crippen LogP contribution in [0.5, 0.6) is 0 Å². The zero-order valence-corrected chi connectivity index (χ0v) is 19.3. The molecule has 8 nitrogen and oxygen atoms in total. The molecular weight excluding hydrogens is 488 g/mol. The van der Waals surface area contributed by atoms with E-state index >= 15 is 4.39 Å². The number of alkyl halides is 3. The third-order valence-electron chi connectivity index (χ3n) is 5.69. The number of anilines is 1. The fraction of sp³-hybridized carbons (Fsp3) is 0.318. The molecule has 3 aliphatic rings. The highest BCUT2D eigenvalue weighted by Gasteiger charge is 2.52. The van der Waals surface area contributed by atoms with E-state index in [9.17, 15) is 22.8 Å². The van der Waals surface area contributed by atoms with Crippen molar-refractivity contribution in [3.63, 3.8) is 0 Å². The number of hydrogen-bond donors (Lipinski definition) is 0. The van der Waals surface area contributed by atoms with E-state index in [4.69, 9.17) is 17.5 Å². The molecule has 1 atom stereocenters. The summed E-state index contributed by atoms with van der Waals surface area (Å²) in [4.78, 5) is 39.4. The number of rotatable bonds is 3. The van der Waals surface area contributed by atoms with Gasteiger partial charge in [-0.3, -0.25) is 14.5 Å². The van der Waals surface area contributed by atoms with E-state index in [-0.39, 0.29) is 28.0 Å². The summed E-state index contributed by atoms with van der Waals surface area (Å²) in [6.07, 6.45) is -1.22. The highest BCUT2D eigenvalue weighted by atomic mass is 32.1. The van der Waals surface area contributed by atoms with Gasteiger partial charge in [0.1, 0.15) is 29.2 Å². The van der Waals surface area contributed by atoms with Crippen molar-refractivity contribution in [2.45, 2.75) is 38.9 Å². The first kappa shape index (κ1) is 24.3. The van der Waals surface area contributed by atoms with E-state index in [0.29, 0.717) is 12.5 Å². The van der Waals surface area contributed by atoms with Crippen molar-refractivity contribution in [1.29, 1.82) is 5.26 Å². The Morgan fingerprint density at radius 3 is 2.54 bits per heavy atom. The number of halogens is 4. The molecule has 2 aliphatic heterocycles. The third-order valence-corrected chi connectivity index (χ3v) is 6.06. The lowest BCUT2D eigenvalue weighted by Gasteiger charge is -2.33. The first-order valence-corrected chi connectivity index (χ1v) is 10.7. The molecule has 0 spiro atoms. The minimum absolute atomic E-state index is 0.0541. The number of carbonyl (C=O) groups is 2. The Morgan fingerprint density at radius 1 is 1.26 bits per heavy atom. The van der Waals surface area contributed by atoms with Gasteiger partial charge in [-0.1, -0.05) is 6.92 Å². The molecule has 180 valence electrons. The summed E-state index contributed by atoms with van der Waals surface area (Å²) < 4.78 is 55.4. The van der Waals surface area contributed by atoms with Crippen LogP contribution in [0.1, 0.15) is 38.4 Å². The highest BCUT2D eigenvalue weighted by molar-refractivity contribution is 7.80. The van der Waals surface area contributed by atoms with E-state index in [2.05, 4.69) is 15.0 Å². The highest BCUT2D eigenvalue weighted by Crippen LogP contribution is 2.40. The first-order chi connectivity index (χ1) is 16.3. The van der Waals surface area contributed by atoms with E-state index in [0.717, 1.165) is 17.2 Å². The predicted molar refractivity (Wildman–Crippen MR) is 121 cm³/mol. The van der Waals surface area contributed by atoms with Gasteiger partial charge in [-0.25, -0.2) is 14.4 Å². The molecule has 13 heteroatoms. The third kappa shape index (κ3) is 3.83. The number of amides is 2. The van der Waals surface area contributed by atoms with Gasteiger partial charge in [0.2, 0.25) is 0 Å². The van der Waals surface area contributed by atoms with Gasteiger partial charge in [-0.05, 0) is 44.3 Å². The van der Waals surface area contributed by atoms with Crippen LogP contribution in [0, 0.1) is 17.2 Å². The van der Waals surface area contributed by atoms with E-state index in [1.165, 1.54) is 30.9 Å². The number of pyridine rings is 1. The van der Waals surface area contributed by atoms with Crippen molar-refractivity contribution >= 4 is 46.4 Å². The minimum atomic E-state index is -4.90. The zero-order valence-electron chi connectivity index (χ0n) is 18.5. The Morgan fingerprint density at radius 2 is 1.94 bits per heavy atom. The number of nitrogens with zero attached hydrogens (tertiary/aromatic N) is 6. The van der Waals surface area contributed by atoms with E-state index < -0.39 is 46.5 Å². The Labute approximate surface area is 202 Å². The zero-order chi connectivity index (χ0) is 25.9. The molecule has 0 radical (unpaired) electrons. The molecule has 4 rings (SSSR count). The van der Waals surface area contributed by atoms with Crippen molar-refractivity contribution in [2.75, 3.05) is 4.90 Å². The number of carbonyl (C=O) groups excluding carboxylic acids is 2. The fourth-order valence-electron chi connectivity index (χ4n) is 3.96. The SMILES string of the molecule is CCC1=NC(=O)C2C=C(N3C(=S)N(c4cnc(C#N)c(C(F)(F)F)c4)C(=O)C3(C)C)C=C(F)C2=N1. The summed E-state index contributed by atoms with van der Waals surface area (Å²) in [6.45, 7) is 4.63. The van der Waals surface area contributed by atoms with Gasteiger partial charge in [0.15, 0.2) is 10.8 Å². The van der Waals surface area contributed by atoms with Crippen LogP contribution in [0.2, 0.25) is 0 Å². The lowest BCUT2D eigenvalue weighted by molar-refractivity contribution is -0.138. The average Bonchev–Trinajstić information content (AvgIpc) is 2.96. The number of aromatic nitrogens is 1. The van der Waals surface area contributed by atoms with Crippen molar-refractivity contribution < 1.29 is 27.2 Å². The van der Waals surface area contributed by atoms with Crippen LogP contribution in [-0.4, -0.2) is 43.9 Å². The maximum Gasteiger partial charge on any atom is 0.419 e. The van der Waals surface area contributed by atoms with Crippen LogP contribution < -0.4 is 4.90 Å². The van der Waals surface area contributed by atoms with Crippen LogP contribution in [0.15, 0.2) is 45.9 Å². The number of amidine groups is 1. The van der Waals surface area contributed by atoms with Crippen molar-refractivity contribution in [2.24, 2.45) is 15.9 Å². The number of aliphatic imine (C=N–C) groups is 2. The number of nitriles is 1. The molecular formula is C22H16F4N6O2S. The summed E-state index contributed by atoms with van der Waals surface area (Å²) in [5, 5.41) is 8.73. The predicted octanol–water partition coefficient (Wildman–Crippen LogP) is 3.84. The van der Waals surface area contributed by atoms with E-state index in [1.54, 1.807) is 6.92 Å². The Hall–Kier alpha value is -3.79. The molecule has 0 saturated carbocycles. The topological polar surface area (TPSA) is 102 Å². The standard InChI is InChI=1S/C22H16F4N6O2S/c1-4-16-29-17-12(18(33)30-16)5-10(7-14(17)23)32-20(35)31(19(34)21(32,2)3)11-6-13(22(24,25)26)15(8-27)28-9-11/h5-7,9,12H,4H2,1-3H3. The molecule has 1 aliphatic carbocycles. The van der Waals surface area contributed by atoms with Crippen LogP contribution in [0.4, 0.5) is 23.2 Å². The Balaban J connectivity index is 1.78. The molecule has 35 heavy (non-hydrogen) atoms. The largest absolute Gasteiger partial charge is 0.419 e. The number of allylic oxidation sites excluding steroid dienone is 2. The van der Waals surface area contributed by atoms with Crippen molar-refractivity contribution in [3.05, 3.63) is 47.2 Å². The molecule has 0 bridgehead atoms. The molecule has 1 saturated heterocycles. The maximum atomic E-state index is 15.0. The molecule has 0 aromatic carbocycles. The molecule has 1 fully saturated rings. The maximum absolute atomic E-state index is 15.0. The molecule has 0 N–H and O–H groups in total. The molecule has 2 amide bonds. The molecule has 1 aromatic heterocycles. The van der Waals surface area contributed by atoms with Gasteiger partial charge in [0.25, 0.3) is 11.8 Å². The molecule has 1 aromatic rings. The lowest BCUT2D eigenvalue weighted by atomic mass is 9.92. The summed E-state index contributed by atoms with van der Waals surface area (Å²) in [5.41, 5.74) is -4.01. The second kappa shape index (κ2) is 8.16. The molecule has 3 heterocycles.